The van der Waals surface area contributed by atoms with Crippen molar-refractivity contribution in [3.63, 3.8) is 0 Å². The van der Waals surface area contributed by atoms with Gasteiger partial charge in [0.15, 0.2) is 0 Å². The van der Waals surface area contributed by atoms with Gasteiger partial charge in [-0.25, -0.2) is 4.79 Å². The molecule has 20 heavy (non-hydrogen) atoms. The molecule has 0 unspecified atom stereocenters. The summed E-state index contributed by atoms with van der Waals surface area (Å²) in [5, 5.41) is 6.27. The Kier molecular flexibility index (Phi) is 5.39. The number of hydrogen-bond acceptors (Lipinski definition) is 4. The lowest BCUT2D eigenvalue weighted by molar-refractivity contribution is 0.140. The van der Waals surface area contributed by atoms with Gasteiger partial charge in [0.05, 0.1) is 6.20 Å². The highest BCUT2D eigenvalue weighted by atomic mass is 16.5. The summed E-state index contributed by atoms with van der Waals surface area (Å²) in [5.74, 6) is 0. The molecule has 0 aliphatic rings. The maximum Gasteiger partial charge on any atom is 0.407 e. The van der Waals surface area contributed by atoms with E-state index in [1.54, 1.807) is 12.5 Å². The van der Waals surface area contributed by atoms with Gasteiger partial charge in [0, 0.05) is 12.1 Å². The van der Waals surface area contributed by atoms with Gasteiger partial charge < -0.3 is 14.6 Å². The maximum atomic E-state index is 11.4. The molecular weight excluding hydrogens is 256 g/mol. The molecule has 0 saturated heterocycles. The number of aromatic nitrogens is 1. The minimum atomic E-state index is -0.410. The van der Waals surface area contributed by atoms with Gasteiger partial charge in [-0.3, -0.25) is 0 Å². The molecule has 104 valence electrons. The molecule has 5 heteroatoms. The van der Waals surface area contributed by atoms with E-state index in [1.165, 1.54) is 0 Å². The SMILES string of the molecule is O=C(NCCC=Cc1cnoc1)OCc1ccccc1. The zero-order valence-corrected chi connectivity index (χ0v) is 11.0. The van der Waals surface area contributed by atoms with Crippen molar-refractivity contribution >= 4 is 12.2 Å². The molecule has 1 N–H and O–H groups in total. The van der Waals surface area contributed by atoms with Crippen molar-refractivity contribution in [2.45, 2.75) is 13.0 Å². The average Bonchev–Trinajstić information content (AvgIpc) is 2.99. The van der Waals surface area contributed by atoms with Crippen LogP contribution in [0.5, 0.6) is 0 Å². The Hall–Kier alpha value is -2.56. The zero-order chi connectivity index (χ0) is 14.0. The highest BCUT2D eigenvalue weighted by Gasteiger charge is 2.00. The van der Waals surface area contributed by atoms with Crippen molar-refractivity contribution in [3.05, 3.63) is 60.0 Å². The predicted molar refractivity (Wildman–Crippen MR) is 74.8 cm³/mol. The molecule has 5 nitrogen and oxygen atoms in total. The molecule has 1 amide bonds. The number of rotatable bonds is 6. The Morgan fingerprint density at radius 3 is 2.95 bits per heavy atom. The molecule has 0 spiro atoms. The number of hydrogen-bond donors (Lipinski definition) is 1. The van der Waals surface area contributed by atoms with Gasteiger partial charge in [-0.1, -0.05) is 47.6 Å². The number of carbonyl (C=O) groups is 1. The van der Waals surface area contributed by atoms with Gasteiger partial charge in [0.2, 0.25) is 0 Å². The third-order valence-corrected chi connectivity index (χ3v) is 2.55. The molecule has 2 aromatic rings. The van der Waals surface area contributed by atoms with Crippen LogP contribution in [0.2, 0.25) is 0 Å². The Balaban J connectivity index is 1.58. The molecule has 0 aliphatic heterocycles. The van der Waals surface area contributed by atoms with Crippen molar-refractivity contribution < 1.29 is 14.1 Å². The van der Waals surface area contributed by atoms with Crippen LogP contribution in [0.15, 0.2) is 53.4 Å². The first kappa shape index (κ1) is 13.9. The van der Waals surface area contributed by atoms with Crippen LogP contribution < -0.4 is 5.32 Å². The smallest absolute Gasteiger partial charge is 0.407 e. The normalized spacial score (nSPS) is 10.6. The van der Waals surface area contributed by atoms with Crippen LogP contribution in [0.4, 0.5) is 4.79 Å². The maximum absolute atomic E-state index is 11.4. The number of ether oxygens (including phenoxy) is 1. The van der Waals surface area contributed by atoms with Crippen LogP contribution in [0, 0.1) is 0 Å². The highest BCUT2D eigenvalue weighted by molar-refractivity contribution is 5.67. The van der Waals surface area contributed by atoms with Gasteiger partial charge in [-0.15, -0.1) is 0 Å². The lowest BCUT2D eigenvalue weighted by Gasteiger charge is -2.05. The van der Waals surface area contributed by atoms with E-state index in [4.69, 9.17) is 9.26 Å². The van der Waals surface area contributed by atoms with E-state index in [-0.39, 0.29) is 6.61 Å². The minimum absolute atomic E-state index is 0.281. The third kappa shape index (κ3) is 4.97. The monoisotopic (exact) mass is 272 g/mol. The first-order valence-corrected chi connectivity index (χ1v) is 6.35. The largest absolute Gasteiger partial charge is 0.445 e. The van der Waals surface area contributed by atoms with Crippen molar-refractivity contribution in [2.75, 3.05) is 6.54 Å². The molecule has 0 aliphatic carbocycles. The van der Waals surface area contributed by atoms with Crippen LogP contribution in [0.1, 0.15) is 17.5 Å². The highest BCUT2D eigenvalue weighted by Crippen LogP contribution is 2.01. The summed E-state index contributed by atoms with van der Waals surface area (Å²) < 4.78 is 9.77. The Bertz CT molecular complexity index is 536. The van der Waals surface area contributed by atoms with Gasteiger partial charge in [0.1, 0.15) is 12.9 Å². The quantitative estimate of drug-likeness (QED) is 0.821. The van der Waals surface area contributed by atoms with Crippen LogP contribution >= 0.6 is 0 Å². The fraction of sp³-hybridized carbons (Fsp3) is 0.200. The Labute approximate surface area is 117 Å². The molecule has 0 bridgehead atoms. The molecule has 0 atom stereocenters. The number of carbonyl (C=O) groups excluding carboxylic acids is 1. The first-order chi connectivity index (χ1) is 9.84. The first-order valence-electron chi connectivity index (χ1n) is 6.35. The molecule has 0 saturated carbocycles. The summed E-state index contributed by atoms with van der Waals surface area (Å²) in [6.07, 6.45) is 7.30. The second-order valence-corrected chi connectivity index (χ2v) is 4.14. The Morgan fingerprint density at radius 1 is 1.35 bits per heavy atom. The molecule has 1 aromatic carbocycles. The van der Waals surface area contributed by atoms with Gasteiger partial charge in [-0.2, -0.15) is 0 Å². The average molecular weight is 272 g/mol. The molecular formula is C15H16N2O3. The predicted octanol–water partition coefficient (Wildman–Crippen LogP) is 3.00. The lowest BCUT2D eigenvalue weighted by Crippen LogP contribution is -2.24. The fourth-order valence-corrected chi connectivity index (χ4v) is 1.55. The fourth-order valence-electron chi connectivity index (χ4n) is 1.55. The summed E-state index contributed by atoms with van der Waals surface area (Å²) in [4.78, 5) is 11.4. The third-order valence-electron chi connectivity index (χ3n) is 2.55. The lowest BCUT2D eigenvalue weighted by atomic mass is 10.2. The van der Waals surface area contributed by atoms with E-state index in [0.29, 0.717) is 13.0 Å². The number of benzene rings is 1. The van der Waals surface area contributed by atoms with E-state index < -0.39 is 6.09 Å². The second kappa shape index (κ2) is 7.78. The minimum Gasteiger partial charge on any atom is -0.445 e. The van der Waals surface area contributed by atoms with E-state index in [1.807, 2.05) is 42.5 Å². The van der Waals surface area contributed by atoms with Crippen LogP contribution in [-0.4, -0.2) is 17.8 Å². The van der Waals surface area contributed by atoms with E-state index in [0.717, 1.165) is 11.1 Å². The van der Waals surface area contributed by atoms with Crippen LogP contribution in [-0.2, 0) is 11.3 Å². The van der Waals surface area contributed by atoms with E-state index >= 15 is 0 Å². The number of alkyl carbamates (subject to hydrolysis) is 1. The van der Waals surface area contributed by atoms with E-state index in [9.17, 15) is 4.79 Å². The van der Waals surface area contributed by atoms with Crippen LogP contribution in [0.25, 0.3) is 6.08 Å². The van der Waals surface area contributed by atoms with E-state index in [2.05, 4.69) is 10.5 Å². The zero-order valence-electron chi connectivity index (χ0n) is 11.0. The van der Waals surface area contributed by atoms with Crippen molar-refractivity contribution in [2.24, 2.45) is 0 Å². The van der Waals surface area contributed by atoms with Gasteiger partial charge >= 0.3 is 6.09 Å². The molecule has 1 aromatic heterocycles. The van der Waals surface area contributed by atoms with Crippen molar-refractivity contribution in [3.8, 4) is 0 Å². The summed E-state index contributed by atoms with van der Waals surface area (Å²) in [5.41, 5.74) is 1.87. The molecule has 0 radical (unpaired) electrons. The summed E-state index contributed by atoms with van der Waals surface area (Å²) in [6, 6.07) is 9.56. The number of nitrogens with one attached hydrogen (secondary N) is 1. The second-order valence-electron chi connectivity index (χ2n) is 4.14. The number of nitrogens with zero attached hydrogens (tertiary/aromatic N) is 1. The molecule has 2 rings (SSSR count). The van der Waals surface area contributed by atoms with Crippen molar-refractivity contribution in [1.29, 1.82) is 0 Å². The topological polar surface area (TPSA) is 64.4 Å². The summed E-state index contributed by atoms with van der Waals surface area (Å²) in [7, 11) is 0. The van der Waals surface area contributed by atoms with Crippen molar-refractivity contribution in [1.82, 2.24) is 10.5 Å². The van der Waals surface area contributed by atoms with Gasteiger partial charge in [0.25, 0.3) is 0 Å². The summed E-state index contributed by atoms with van der Waals surface area (Å²) >= 11 is 0. The van der Waals surface area contributed by atoms with Crippen LogP contribution in [0.3, 0.4) is 0 Å². The molecule has 0 fully saturated rings. The summed E-state index contributed by atoms with van der Waals surface area (Å²) in [6.45, 7) is 0.804. The van der Waals surface area contributed by atoms with Gasteiger partial charge in [-0.05, 0) is 12.0 Å². The molecule has 1 heterocycles. The standard InChI is InChI=1S/C15H16N2O3/c18-15(19-11-13-6-2-1-3-7-13)16-9-5-4-8-14-10-17-20-12-14/h1-4,6-8,10,12H,5,9,11H2,(H,16,18). The number of amides is 1. The Morgan fingerprint density at radius 2 is 2.20 bits per heavy atom.